The van der Waals surface area contributed by atoms with Gasteiger partial charge in [-0.2, -0.15) is 4.98 Å². The largest absolute Gasteiger partial charge is 0.460 e. The first kappa shape index (κ1) is 24.8. The Morgan fingerprint density at radius 2 is 1.92 bits per heavy atom. The molecule has 36 heavy (non-hydrogen) atoms. The zero-order chi connectivity index (χ0) is 25.3. The van der Waals surface area contributed by atoms with Crippen LogP contribution in [0.25, 0.3) is 0 Å². The summed E-state index contributed by atoms with van der Waals surface area (Å²) in [6, 6.07) is 6.85. The van der Waals surface area contributed by atoms with Crippen molar-refractivity contribution in [1.29, 1.82) is 0 Å². The molecule has 3 fully saturated rings. The van der Waals surface area contributed by atoms with Gasteiger partial charge in [0.15, 0.2) is 0 Å². The third-order valence-corrected chi connectivity index (χ3v) is 8.66. The molecule has 1 amide bonds. The van der Waals surface area contributed by atoms with Gasteiger partial charge in [0.05, 0.1) is 29.3 Å². The van der Waals surface area contributed by atoms with Gasteiger partial charge in [0, 0.05) is 24.8 Å². The van der Waals surface area contributed by atoms with E-state index < -0.39 is 22.4 Å². The Balaban J connectivity index is 1.39. The molecule has 2 aliphatic carbocycles. The van der Waals surface area contributed by atoms with Crippen molar-refractivity contribution < 1.29 is 23.1 Å². The lowest BCUT2D eigenvalue weighted by molar-refractivity contribution is 0.102. The monoisotopic (exact) mass is 515 g/mol. The summed E-state index contributed by atoms with van der Waals surface area (Å²) < 4.78 is 32.8. The molecule has 1 aromatic heterocycles. The molecular formula is C25H33N5O5S. The number of anilines is 3. The van der Waals surface area contributed by atoms with Crippen LogP contribution >= 0.6 is 0 Å². The molecule has 3 N–H and O–H groups in total. The van der Waals surface area contributed by atoms with Gasteiger partial charge in [-0.05, 0) is 75.5 Å². The molecule has 10 nitrogen and oxygen atoms in total. The minimum atomic E-state index is -3.69. The predicted octanol–water partition coefficient (Wildman–Crippen LogP) is 3.08. The summed E-state index contributed by atoms with van der Waals surface area (Å²) in [5.41, 5.74) is 2.60. The number of aryl methyl sites for hydroxylation is 1. The number of carbonyl (C=O) groups is 1. The lowest BCUT2D eigenvalue weighted by Crippen LogP contribution is -2.35. The van der Waals surface area contributed by atoms with E-state index in [0.717, 1.165) is 45.2 Å². The molecule has 11 heteroatoms. The van der Waals surface area contributed by atoms with Crippen molar-refractivity contribution in [3.8, 4) is 6.01 Å². The molecule has 1 aliphatic heterocycles. The predicted molar refractivity (Wildman–Crippen MR) is 137 cm³/mol. The number of rotatable bonds is 9. The number of aromatic nitrogens is 2. The molecule has 194 valence electrons. The van der Waals surface area contributed by atoms with Crippen LogP contribution in [0.15, 0.2) is 24.3 Å². The van der Waals surface area contributed by atoms with Crippen molar-refractivity contribution in [3.05, 3.63) is 35.5 Å². The van der Waals surface area contributed by atoms with Gasteiger partial charge in [0.2, 0.25) is 10.0 Å². The van der Waals surface area contributed by atoms with Crippen LogP contribution in [0.4, 0.5) is 17.2 Å². The number of aliphatic hydroxyl groups is 1. The van der Waals surface area contributed by atoms with Gasteiger partial charge in [-0.25, -0.2) is 13.4 Å². The van der Waals surface area contributed by atoms with Crippen molar-refractivity contribution in [3.63, 3.8) is 0 Å². The quantitative estimate of drug-likeness (QED) is 0.464. The average molecular weight is 516 g/mol. The summed E-state index contributed by atoms with van der Waals surface area (Å²) >= 11 is 0. The van der Waals surface area contributed by atoms with Gasteiger partial charge in [-0.3, -0.25) is 9.52 Å². The number of ether oxygens (including phenoxy) is 1. The molecule has 5 rings (SSSR count). The Morgan fingerprint density at radius 1 is 1.17 bits per heavy atom. The molecule has 0 unspecified atom stereocenters. The van der Waals surface area contributed by atoms with E-state index in [1.54, 1.807) is 24.3 Å². The second kappa shape index (κ2) is 9.85. The number of amides is 1. The molecule has 2 saturated carbocycles. The maximum Gasteiger partial charge on any atom is 0.318 e. The fourth-order valence-corrected chi connectivity index (χ4v) is 5.61. The number of benzene rings is 1. The first-order valence-electron chi connectivity index (χ1n) is 12.6. The van der Waals surface area contributed by atoms with Crippen molar-refractivity contribution in [2.24, 2.45) is 5.41 Å². The smallest absolute Gasteiger partial charge is 0.318 e. The van der Waals surface area contributed by atoms with Crippen LogP contribution in [-0.2, 0) is 10.0 Å². The zero-order valence-electron chi connectivity index (χ0n) is 20.5. The van der Waals surface area contributed by atoms with Gasteiger partial charge in [-0.15, -0.1) is 0 Å². The highest BCUT2D eigenvalue weighted by Gasteiger charge is 2.44. The number of carbonyl (C=O) groups excluding carboxylic acids is 1. The summed E-state index contributed by atoms with van der Waals surface area (Å²) in [6.07, 6.45) is 7.84. The zero-order valence-corrected chi connectivity index (χ0v) is 21.3. The molecule has 1 spiro atoms. The van der Waals surface area contributed by atoms with Crippen LogP contribution in [0.3, 0.4) is 0 Å². The molecular weight excluding hydrogens is 482 g/mol. The minimum absolute atomic E-state index is 0.123. The fourth-order valence-electron chi connectivity index (χ4n) is 4.78. The molecule has 3 aliphatic rings. The molecule has 2 aromatic rings. The van der Waals surface area contributed by atoms with E-state index in [2.05, 4.69) is 24.9 Å². The Bertz CT molecular complexity index is 1230. The van der Waals surface area contributed by atoms with Gasteiger partial charge in [-0.1, -0.05) is 0 Å². The van der Waals surface area contributed by atoms with Gasteiger partial charge >= 0.3 is 6.01 Å². The van der Waals surface area contributed by atoms with E-state index in [0.29, 0.717) is 33.9 Å². The third-order valence-electron chi connectivity index (χ3n) is 7.40. The standard InChI is InChI=1S/C25H33N5O5S/c1-17-15-22(28-24(26-17)35-19-3-2-4-19)27-23(32)20-6-5-18(29-36(33,34)14-13-31)16-21(20)30-11-9-25(7-8-25)10-12-30/h5-6,15-16,19,29,31H,2-4,7-14H2,1H3,(H,26,27,28,32). The van der Waals surface area contributed by atoms with Crippen LogP contribution in [-0.4, -0.2) is 61.0 Å². The number of nitrogens with one attached hydrogen (secondary N) is 2. The van der Waals surface area contributed by atoms with E-state index in [1.165, 1.54) is 12.8 Å². The highest BCUT2D eigenvalue weighted by atomic mass is 32.2. The molecule has 1 aromatic carbocycles. The van der Waals surface area contributed by atoms with Gasteiger partial charge in [0.1, 0.15) is 11.9 Å². The lowest BCUT2D eigenvalue weighted by Gasteiger charge is -2.35. The highest BCUT2D eigenvalue weighted by Crippen LogP contribution is 2.54. The fraction of sp³-hybridized carbons (Fsp3) is 0.560. The van der Waals surface area contributed by atoms with Crippen molar-refractivity contribution >= 4 is 33.1 Å². The number of hydrogen-bond acceptors (Lipinski definition) is 8. The molecule has 0 radical (unpaired) electrons. The summed E-state index contributed by atoms with van der Waals surface area (Å²) in [6.45, 7) is 2.96. The number of nitrogens with zero attached hydrogens (tertiary/aromatic N) is 3. The molecule has 0 bridgehead atoms. The SMILES string of the molecule is Cc1cc(NC(=O)c2ccc(NS(=O)(=O)CCO)cc2N2CCC3(CC2)CC3)nc(OC2CCC2)n1. The van der Waals surface area contributed by atoms with E-state index >= 15 is 0 Å². The van der Waals surface area contributed by atoms with Crippen LogP contribution in [0, 0.1) is 12.3 Å². The van der Waals surface area contributed by atoms with Crippen LogP contribution in [0.1, 0.15) is 61.0 Å². The number of aliphatic hydroxyl groups excluding tert-OH is 1. The van der Waals surface area contributed by atoms with Crippen LogP contribution in [0.2, 0.25) is 0 Å². The topological polar surface area (TPSA) is 134 Å². The number of piperidine rings is 1. The molecule has 2 heterocycles. The molecule has 1 saturated heterocycles. The average Bonchev–Trinajstić information content (AvgIpc) is 3.54. The molecule has 0 atom stereocenters. The van der Waals surface area contributed by atoms with E-state index in [1.807, 2.05) is 6.92 Å². The van der Waals surface area contributed by atoms with Crippen LogP contribution < -0.4 is 19.7 Å². The summed E-state index contributed by atoms with van der Waals surface area (Å²) in [5, 5.41) is 11.9. The van der Waals surface area contributed by atoms with Crippen LogP contribution in [0.5, 0.6) is 6.01 Å². The van der Waals surface area contributed by atoms with Crippen molar-refractivity contribution in [1.82, 2.24) is 9.97 Å². The Kier molecular flexibility index (Phi) is 6.78. The lowest BCUT2D eigenvalue weighted by atomic mass is 9.93. The van der Waals surface area contributed by atoms with Gasteiger partial charge < -0.3 is 20.1 Å². The number of hydrogen-bond donors (Lipinski definition) is 3. The Hall–Kier alpha value is -2.92. The summed E-state index contributed by atoms with van der Waals surface area (Å²) in [5.74, 6) is -0.375. The van der Waals surface area contributed by atoms with Gasteiger partial charge in [0.25, 0.3) is 5.91 Å². The second-order valence-electron chi connectivity index (χ2n) is 10.2. The maximum absolute atomic E-state index is 13.4. The highest BCUT2D eigenvalue weighted by molar-refractivity contribution is 7.92. The minimum Gasteiger partial charge on any atom is -0.460 e. The summed E-state index contributed by atoms with van der Waals surface area (Å²) in [7, 11) is -3.69. The van der Waals surface area contributed by atoms with Crippen molar-refractivity contribution in [2.75, 3.05) is 40.4 Å². The Labute approximate surface area is 211 Å². The van der Waals surface area contributed by atoms with E-state index in [4.69, 9.17) is 9.84 Å². The second-order valence-corrected chi connectivity index (χ2v) is 12.0. The first-order chi connectivity index (χ1) is 17.2. The number of sulfonamides is 1. The normalized spacial score (nSPS) is 19.0. The maximum atomic E-state index is 13.4. The third kappa shape index (κ3) is 5.73. The van der Waals surface area contributed by atoms with E-state index in [9.17, 15) is 13.2 Å². The Morgan fingerprint density at radius 3 is 2.56 bits per heavy atom. The summed E-state index contributed by atoms with van der Waals surface area (Å²) in [4.78, 5) is 24.3. The van der Waals surface area contributed by atoms with E-state index in [-0.39, 0.29) is 18.0 Å². The van der Waals surface area contributed by atoms with Crippen molar-refractivity contribution in [2.45, 2.75) is 58.0 Å². The first-order valence-corrected chi connectivity index (χ1v) is 14.2.